The topological polar surface area (TPSA) is 60.8 Å². The lowest BCUT2D eigenvalue weighted by Crippen LogP contribution is -2.38. The number of rotatable bonds is 1. The Hall–Kier alpha value is -0.770. The monoisotopic (exact) mass is 159 g/mol. The molecule has 0 bridgehead atoms. The molecule has 0 radical (unpaired) electrons. The molecular formula is C7H13NO3. The Morgan fingerprint density at radius 2 is 2.00 bits per heavy atom. The average Bonchev–Trinajstić information content (AvgIpc) is 2.05. The fourth-order valence-corrected chi connectivity index (χ4v) is 1.31. The van der Waals surface area contributed by atoms with Gasteiger partial charge in [-0.25, -0.2) is 4.79 Å². The third kappa shape index (κ3) is 2.08. The van der Waals surface area contributed by atoms with Gasteiger partial charge in [-0.3, -0.25) is 0 Å². The normalized spacial score (nSPS) is 20.3. The van der Waals surface area contributed by atoms with E-state index in [2.05, 4.69) is 0 Å². The molecule has 1 saturated heterocycles. The lowest BCUT2D eigenvalue weighted by atomic mass is 9.98. The highest BCUT2D eigenvalue weighted by Gasteiger charge is 2.21. The van der Waals surface area contributed by atoms with Crippen molar-refractivity contribution in [3.63, 3.8) is 0 Å². The van der Waals surface area contributed by atoms with Gasteiger partial charge in [-0.2, -0.15) is 0 Å². The summed E-state index contributed by atoms with van der Waals surface area (Å²) in [7, 11) is 0. The Balaban J connectivity index is 2.30. The van der Waals surface area contributed by atoms with Gasteiger partial charge < -0.3 is 15.1 Å². The summed E-state index contributed by atoms with van der Waals surface area (Å²) in [6.07, 6.45) is 0.743. The van der Waals surface area contributed by atoms with E-state index in [1.165, 1.54) is 4.90 Å². The molecule has 0 unspecified atom stereocenters. The fraction of sp³-hybridized carbons (Fsp3) is 0.857. The molecule has 11 heavy (non-hydrogen) atoms. The number of likely N-dealkylation sites (tertiary alicyclic amines) is 1. The highest BCUT2D eigenvalue weighted by molar-refractivity contribution is 5.64. The molecule has 0 aromatic rings. The molecule has 4 heteroatoms. The first kappa shape index (κ1) is 8.33. The minimum absolute atomic E-state index is 0.188. The van der Waals surface area contributed by atoms with Gasteiger partial charge in [-0.05, 0) is 18.8 Å². The largest absolute Gasteiger partial charge is 0.465 e. The van der Waals surface area contributed by atoms with Gasteiger partial charge in [0, 0.05) is 19.7 Å². The second-order valence-corrected chi connectivity index (χ2v) is 2.90. The Bertz CT molecular complexity index is 141. The van der Waals surface area contributed by atoms with Crippen LogP contribution in [0.5, 0.6) is 0 Å². The van der Waals surface area contributed by atoms with Gasteiger partial charge in [0.05, 0.1) is 0 Å². The number of piperidine rings is 1. The molecule has 1 amide bonds. The summed E-state index contributed by atoms with van der Waals surface area (Å²) >= 11 is 0. The van der Waals surface area contributed by atoms with Gasteiger partial charge in [0.15, 0.2) is 0 Å². The van der Waals surface area contributed by atoms with Crippen molar-refractivity contribution in [2.24, 2.45) is 5.92 Å². The molecular weight excluding hydrogens is 146 g/mol. The van der Waals surface area contributed by atoms with Crippen LogP contribution in [0.25, 0.3) is 0 Å². The summed E-state index contributed by atoms with van der Waals surface area (Å²) in [5.74, 6) is 0.311. The van der Waals surface area contributed by atoms with E-state index >= 15 is 0 Å². The summed E-state index contributed by atoms with van der Waals surface area (Å²) in [6.45, 7) is 1.33. The summed E-state index contributed by atoms with van der Waals surface area (Å²) in [5.41, 5.74) is 0. The zero-order valence-electron chi connectivity index (χ0n) is 6.36. The smallest absolute Gasteiger partial charge is 0.407 e. The summed E-state index contributed by atoms with van der Waals surface area (Å²) in [6, 6.07) is 0. The third-order valence-corrected chi connectivity index (χ3v) is 2.14. The van der Waals surface area contributed by atoms with Crippen molar-refractivity contribution in [3.05, 3.63) is 0 Å². The molecule has 1 aliphatic rings. The van der Waals surface area contributed by atoms with Crippen LogP contribution in [0.3, 0.4) is 0 Å². The van der Waals surface area contributed by atoms with Crippen LogP contribution in [0, 0.1) is 5.92 Å². The van der Waals surface area contributed by atoms with Crippen molar-refractivity contribution in [3.8, 4) is 0 Å². The summed E-state index contributed by atoms with van der Waals surface area (Å²) in [5, 5.41) is 17.3. The average molecular weight is 159 g/mol. The maximum absolute atomic E-state index is 10.4. The summed E-state index contributed by atoms with van der Waals surface area (Å²) in [4.78, 5) is 11.8. The van der Waals surface area contributed by atoms with E-state index in [4.69, 9.17) is 10.2 Å². The van der Waals surface area contributed by atoms with Crippen LogP contribution in [0.2, 0.25) is 0 Å². The second-order valence-electron chi connectivity index (χ2n) is 2.90. The number of carboxylic acid groups (broad SMARTS) is 1. The highest BCUT2D eigenvalue weighted by atomic mass is 16.4. The maximum atomic E-state index is 10.4. The Kier molecular flexibility index (Phi) is 2.70. The first-order valence-electron chi connectivity index (χ1n) is 3.82. The molecule has 1 rings (SSSR count). The molecule has 0 saturated carbocycles. The molecule has 0 aliphatic carbocycles. The minimum atomic E-state index is -0.846. The van der Waals surface area contributed by atoms with Crippen LogP contribution in [-0.2, 0) is 0 Å². The van der Waals surface area contributed by atoms with Gasteiger partial charge >= 0.3 is 6.09 Å². The van der Waals surface area contributed by atoms with E-state index in [0.717, 1.165) is 12.8 Å². The van der Waals surface area contributed by atoms with Crippen molar-refractivity contribution in [1.82, 2.24) is 4.90 Å². The number of aliphatic hydroxyl groups excluding tert-OH is 1. The van der Waals surface area contributed by atoms with Crippen LogP contribution < -0.4 is 0 Å². The highest BCUT2D eigenvalue weighted by Crippen LogP contribution is 2.15. The molecule has 1 fully saturated rings. The van der Waals surface area contributed by atoms with Crippen LogP contribution >= 0.6 is 0 Å². The number of hydrogen-bond acceptors (Lipinski definition) is 2. The predicted molar refractivity (Wildman–Crippen MR) is 39.4 cm³/mol. The van der Waals surface area contributed by atoms with Gasteiger partial charge in [0.1, 0.15) is 0 Å². The second kappa shape index (κ2) is 3.57. The maximum Gasteiger partial charge on any atom is 0.407 e. The first-order valence-corrected chi connectivity index (χ1v) is 3.82. The Morgan fingerprint density at radius 3 is 2.36 bits per heavy atom. The Labute approximate surface area is 65.4 Å². The number of carbonyl (C=O) groups is 1. The van der Waals surface area contributed by atoms with E-state index in [0.29, 0.717) is 19.0 Å². The fourth-order valence-electron chi connectivity index (χ4n) is 1.31. The van der Waals surface area contributed by atoms with Crippen LogP contribution in [0.15, 0.2) is 0 Å². The molecule has 4 nitrogen and oxygen atoms in total. The van der Waals surface area contributed by atoms with E-state index in [1.807, 2.05) is 0 Å². The summed E-state index contributed by atoms with van der Waals surface area (Å²) < 4.78 is 0. The van der Waals surface area contributed by atoms with Gasteiger partial charge in [0.25, 0.3) is 0 Å². The predicted octanol–water partition coefficient (Wildman–Crippen LogP) is 0.369. The molecule has 64 valence electrons. The van der Waals surface area contributed by atoms with Crippen molar-refractivity contribution in [1.29, 1.82) is 0 Å². The first-order chi connectivity index (χ1) is 5.24. The molecule has 1 heterocycles. The zero-order valence-corrected chi connectivity index (χ0v) is 6.36. The van der Waals surface area contributed by atoms with E-state index in [9.17, 15) is 4.79 Å². The number of nitrogens with zero attached hydrogens (tertiary/aromatic N) is 1. The molecule has 0 spiro atoms. The molecule has 0 aromatic heterocycles. The van der Waals surface area contributed by atoms with Crippen molar-refractivity contribution in [2.45, 2.75) is 12.8 Å². The van der Waals surface area contributed by atoms with Gasteiger partial charge in [-0.1, -0.05) is 0 Å². The molecule has 0 aromatic carbocycles. The van der Waals surface area contributed by atoms with E-state index < -0.39 is 6.09 Å². The molecule has 2 N–H and O–H groups in total. The van der Waals surface area contributed by atoms with Crippen molar-refractivity contribution >= 4 is 6.09 Å². The quantitative estimate of drug-likeness (QED) is 0.581. The molecule has 0 atom stereocenters. The van der Waals surface area contributed by atoms with E-state index in [-0.39, 0.29) is 6.61 Å². The lowest BCUT2D eigenvalue weighted by Gasteiger charge is -2.28. The van der Waals surface area contributed by atoms with Gasteiger partial charge in [0.2, 0.25) is 0 Å². The standard InChI is InChI=1S/C7H13NO3/c9-5-6-1-3-8(4-2-6)7(10)11/h6,9H,1-5H2,(H,10,11). The Morgan fingerprint density at radius 1 is 1.45 bits per heavy atom. The van der Waals surface area contributed by atoms with Crippen molar-refractivity contribution in [2.75, 3.05) is 19.7 Å². The van der Waals surface area contributed by atoms with Crippen molar-refractivity contribution < 1.29 is 15.0 Å². The number of hydrogen-bond donors (Lipinski definition) is 2. The van der Waals surface area contributed by atoms with E-state index in [1.54, 1.807) is 0 Å². The SMILES string of the molecule is O=C(O)N1CCC(CO)CC1. The minimum Gasteiger partial charge on any atom is -0.465 e. The van der Waals surface area contributed by atoms with Crippen LogP contribution in [0.1, 0.15) is 12.8 Å². The van der Waals surface area contributed by atoms with Crippen LogP contribution in [0.4, 0.5) is 4.79 Å². The van der Waals surface area contributed by atoms with Crippen LogP contribution in [-0.4, -0.2) is 40.9 Å². The number of aliphatic hydroxyl groups is 1. The third-order valence-electron chi connectivity index (χ3n) is 2.14. The molecule has 1 aliphatic heterocycles. The lowest BCUT2D eigenvalue weighted by molar-refractivity contribution is 0.107. The number of amides is 1. The zero-order chi connectivity index (χ0) is 8.27. The van der Waals surface area contributed by atoms with Gasteiger partial charge in [-0.15, -0.1) is 0 Å².